The lowest BCUT2D eigenvalue weighted by molar-refractivity contribution is 0.0389. The van der Waals surface area contributed by atoms with Gasteiger partial charge in [-0.1, -0.05) is 47.5 Å². The molecule has 0 spiro atoms. The molecule has 4 N–H and O–H groups in total. The van der Waals surface area contributed by atoms with Gasteiger partial charge in [-0.25, -0.2) is 39.1 Å². The molecule has 0 bridgehead atoms. The van der Waals surface area contributed by atoms with Crippen LogP contribution in [0.5, 0.6) is 11.5 Å². The number of methoxy groups -OCH3 is 2. The highest BCUT2D eigenvalue weighted by Crippen LogP contribution is 2.29. The second-order valence-corrected chi connectivity index (χ2v) is 17.6. The molecule has 0 unspecified atom stereocenters. The van der Waals surface area contributed by atoms with Crippen LogP contribution in [0.1, 0.15) is 85.4 Å². The fourth-order valence-electron chi connectivity index (χ4n) is 7.01. The number of benzene rings is 4. The van der Waals surface area contributed by atoms with Crippen molar-refractivity contribution < 1.29 is 47.4 Å². The van der Waals surface area contributed by atoms with Crippen LogP contribution in [0.4, 0.5) is 31.2 Å². The number of thiazole rings is 2. The molecule has 0 fully saturated rings. The Labute approximate surface area is 406 Å². The van der Waals surface area contributed by atoms with Gasteiger partial charge in [0.2, 0.25) is 0 Å². The number of amides is 4. The fourth-order valence-corrected chi connectivity index (χ4v) is 8.61. The number of anilines is 4. The number of hydrogen-bond acceptors (Lipinski definition) is 16. The predicted octanol–water partition coefficient (Wildman–Crippen LogP) is 8.88. The fraction of sp³-hybridized carbons (Fsp3) is 0.143. The number of ketones is 2. The maximum Gasteiger partial charge on any atom is 0.368 e. The maximum absolute atomic E-state index is 13.5. The zero-order valence-electron chi connectivity index (χ0n) is 37.9. The van der Waals surface area contributed by atoms with Gasteiger partial charge >= 0.3 is 24.0 Å². The molecule has 4 aromatic heterocycles. The van der Waals surface area contributed by atoms with Gasteiger partial charge in [0.1, 0.15) is 23.6 Å². The third-order valence-electron chi connectivity index (χ3n) is 10.4. The maximum atomic E-state index is 13.5. The first-order chi connectivity index (χ1) is 33.7. The smallest absolute Gasteiger partial charge is 0.368 e. The number of oxazole rings is 1. The van der Waals surface area contributed by atoms with Gasteiger partial charge in [-0.05, 0) is 62.4 Å². The largest absolute Gasteiger partial charge is 0.496 e. The number of imidazole rings is 1. The molecule has 0 aliphatic carbocycles. The minimum absolute atomic E-state index is 0.0975. The Kier molecular flexibility index (Phi) is 14.3. The molecule has 0 saturated carbocycles. The Balaban J connectivity index is 0.826. The number of esters is 2. The molecule has 4 amide bonds. The first-order valence-corrected chi connectivity index (χ1v) is 22.7. The van der Waals surface area contributed by atoms with Crippen molar-refractivity contribution >= 4 is 79.9 Å². The van der Waals surface area contributed by atoms with Crippen LogP contribution in [0.25, 0.3) is 0 Å². The highest BCUT2D eigenvalue weighted by molar-refractivity contribution is 7.16. The zero-order chi connectivity index (χ0) is 49.5. The second kappa shape index (κ2) is 21.0. The summed E-state index contributed by atoms with van der Waals surface area (Å²) in [6.07, 6.45) is 5.85. The highest BCUT2D eigenvalue weighted by atomic mass is 32.1. The average molecular weight is 980 g/mol. The van der Waals surface area contributed by atoms with Gasteiger partial charge in [0.05, 0.1) is 43.1 Å². The number of aryl methyl sites for hydroxylation is 3. The molecular weight excluding hydrogens is 939 g/mol. The third-order valence-corrected chi connectivity index (χ3v) is 12.2. The molecule has 0 radical (unpaired) electrons. The van der Waals surface area contributed by atoms with Crippen LogP contribution in [0.15, 0.2) is 114 Å². The normalized spacial score (nSPS) is 10.8. The molecular formula is C49H41N9O10S2. The van der Waals surface area contributed by atoms with E-state index in [9.17, 15) is 28.8 Å². The number of nitrogens with one attached hydrogen (secondary N) is 4. The van der Waals surface area contributed by atoms with Crippen molar-refractivity contribution in [2.75, 3.05) is 35.5 Å². The molecule has 0 aliphatic rings. The van der Waals surface area contributed by atoms with Gasteiger partial charge in [0.25, 0.3) is 0 Å². The number of para-hydroxylation sites is 2. The van der Waals surface area contributed by atoms with E-state index >= 15 is 0 Å². The summed E-state index contributed by atoms with van der Waals surface area (Å²) in [5.74, 6) is -1.35. The number of aromatic nitrogens is 5. The minimum Gasteiger partial charge on any atom is -0.496 e. The van der Waals surface area contributed by atoms with E-state index in [0.717, 1.165) is 28.7 Å². The lowest BCUT2D eigenvalue weighted by atomic mass is 9.99. The molecule has 8 aromatic rings. The Hall–Kier alpha value is -8.82. The summed E-state index contributed by atoms with van der Waals surface area (Å²) in [6.45, 7) is 3.68. The number of hydrogen-bond donors (Lipinski definition) is 4. The Morgan fingerprint density at radius 1 is 0.614 bits per heavy atom. The molecule has 21 heteroatoms. The Morgan fingerprint density at radius 3 is 1.64 bits per heavy atom. The van der Waals surface area contributed by atoms with Crippen molar-refractivity contribution in [3.05, 3.63) is 176 Å². The first kappa shape index (κ1) is 47.7. The third kappa shape index (κ3) is 11.1. The van der Waals surface area contributed by atoms with E-state index in [2.05, 4.69) is 41.2 Å². The number of urea groups is 2. The Bertz CT molecular complexity index is 3320. The standard InChI is InChI=1S/C49H41N9O10S2/c1-26-14-16-34(32(18-26)42(59)30-10-6-8-12-38(30)65-4)54-46(63)56-48-50-22-28(69-48)20-40-52-36(24-58(40)3)44(61)68-45(62)37-25-67-41(53-37)21-29-23-51-49(70-29)57-47(64)55-35-17-15-27(2)19-33(35)43(60)31-11-7-9-13-39(31)66-5/h6-19,22-25H,20-21H2,1-5H3,(H2,50,54,56,63)(H2,51,55,57,64). The molecule has 8 rings (SSSR count). The van der Waals surface area contributed by atoms with Crippen LogP contribution in [0.3, 0.4) is 0 Å². The quantitative estimate of drug-likeness (QED) is 0.0401. The van der Waals surface area contributed by atoms with Crippen LogP contribution < -0.4 is 30.7 Å². The van der Waals surface area contributed by atoms with Gasteiger partial charge in [0.15, 0.2) is 39.1 Å². The topological polar surface area (TPSA) is 248 Å². The molecule has 0 saturated heterocycles. The summed E-state index contributed by atoms with van der Waals surface area (Å²) in [4.78, 5) is 97.6. The van der Waals surface area contributed by atoms with Gasteiger partial charge in [-0.15, -0.1) is 22.7 Å². The minimum atomic E-state index is -1.06. The lowest BCUT2D eigenvalue weighted by Crippen LogP contribution is -2.21. The van der Waals surface area contributed by atoms with Crippen molar-refractivity contribution in [2.24, 2.45) is 7.05 Å². The summed E-state index contributed by atoms with van der Waals surface area (Å²) < 4.78 is 22.9. The van der Waals surface area contributed by atoms with Gasteiger partial charge in [-0.2, -0.15) is 0 Å². The van der Waals surface area contributed by atoms with Gasteiger partial charge in [0, 0.05) is 52.9 Å². The van der Waals surface area contributed by atoms with Crippen LogP contribution >= 0.6 is 22.7 Å². The average Bonchev–Trinajstić information content (AvgIpc) is 4.19. The van der Waals surface area contributed by atoms with Crippen molar-refractivity contribution in [3.8, 4) is 11.5 Å². The van der Waals surface area contributed by atoms with E-state index < -0.39 is 24.0 Å². The zero-order valence-corrected chi connectivity index (χ0v) is 39.6. The monoisotopic (exact) mass is 979 g/mol. The van der Waals surface area contributed by atoms with Crippen LogP contribution in [-0.2, 0) is 24.6 Å². The highest BCUT2D eigenvalue weighted by Gasteiger charge is 2.24. The molecule has 4 heterocycles. The van der Waals surface area contributed by atoms with E-state index in [4.69, 9.17) is 18.6 Å². The van der Waals surface area contributed by atoms with Crippen LogP contribution in [0.2, 0.25) is 0 Å². The number of ether oxygens (including phenoxy) is 3. The number of carbonyl (C=O) groups excluding carboxylic acids is 6. The van der Waals surface area contributed by atoms with E-state index in [1.165, 1.54) is 38.0 Å². The van der Waals surface area contributed by atoms with Gasteiger partial charge in [-0.3, -0.25) is 20.2 Å². The van der Waals surface area contributed by atoms with Gasteiger partial charge < -0.3 is 33.8 Å². The predicted molar refractivity (Wildman–Crippen MR) is 260 cm³/mol. The van der Waals surface area contributed by atoms with Crippen molar-refractivity contribution in [2.45, 2.75) is 26.7 Å². The summed E-state index contributed by atoms with van der Waals surface area (Å²) in [7, 11) is 4.63. The van der Waals surface area contributed by atoms with E-state index in [1.54, 1.807) is 103 Å². The number of nitrogens with zero attached hydrogens (tertiary/aromatic N) is 5. The molecule has 70 heavy (non-hydrogen) atoms. The molecule has 4 aromatic carbocycles. The number of rotatable bonds is 16. The SMILES string of the molecule is COc1ccccc1C(=O)c1cc(C)ccc1NC(=O)Nc1ncc(Cc2nc(C(=O)OC(=O)c3cn(C)c(Cc4cnc(NC(=O)Nc5ccc(C)cc5C(=O)c5ccccc5OC)s4)n3)co2)s1. The molecule has 0 atom stereocenters. The summed E-state index contributed by atoms with van der Waals surface area (Å²) in [5.41, 5.74) is 3.10. The van der Waals surface area contributed by atoms with Crippen LogP contribution in [0, 0.1) is 13.8 Å². The second-order valence-electron chi connectivity index (χ2n) is 15.4. The molecule has 354 valence electrons. The van der Waals surface area contributed by atoms with Crippen molar-refractivity contribution in [1.29, 1.82) is 0 Å². The van der Waals surface area contributed by atoms with E-state index in [-0.39, 0.29) is 68.8 Å². The molecule has 0 aliphatic heterocycles. The Morgan fingerprint density at radius 2 is 1.11 bits per heavy atom. The van der Waals surface area contributed by atoms with Crippen molar-refractivity contribution in [3.63, 3.8) is 0 Å². The lowest BCUT2D eigenvalue weighted by Gasteiger charge is -2.13. The first-order valence-electron chi connectivity index (χ1n) is 21.1. The van der Waals surface area contributed by atoms with E-state index in [0.29, 0.717) is 43.9 Å². The molecule has 19 nitrogen and oxygen atoms in total. The van der Waals surface area contributed by atoms with Crippen LogP contribution in [-0.4, -0.2) is 74.3 Å². The van der Waals surface area contributed by atoms with Crippen molar-refractivity contribution in [1.82, 2.24) is 24.5 Å². The van der Waals surface area contributed by atoms with E-state index in [1.807, 2.05) is 13.8 Å². The summed E-state index contributed by atoms with van der Waals surface area (Å²) in [6, 6.07) is 22.6. The number of carbonyl (C=O) groups is 6. The summed E-state index contributed by atoms with van der Waals surface area (Å²) in [5, 5.41) is 11.3. The summed E-state index contributed by atoms with van der Waals surface area (Å²) >= 11 is 2.31.